The molecule has 3 heteroatoms. The first-order valence-corrected chi connectivity index (χ1v) is 8.77. The van der Waals surface area contributed by atoms with Gasteiger partial charge in [0.15, 0.2) is 0 Å². The Balaban J connectivity index is 1.86. The van der Waals surface area contributed by atoms with Gasteiger partial charge in [-0.1, -0.05) is 30.3 Å². The summed E-state index contributed by atoms with van der Waals surface area (Å²) in [5.41, 5.74) is 7.83. The maximum atomic E-state index is 5.03. The molecule has 0 saturated carbocycles. The van der Waals surface area contributed by atoms with Gasteiger partial charge in [0.1, 0.15) is 12.8 Å². The molecule has 0 radical (unpaired) electrons. The summed E-state index contributed by atoms with van der Waals surface area (Å²) in [7, 11) is 6.20. The lowest BCUT2D eigenvalue weighted by atomic mass is 10.0. The first-order chi connectivity index (χ1) is 12.6. The molecule has 3 aromatic carbocycles. The van der Waals surface area contributed by atoms with Crippen LogP contribution >= 0.6 is 0 Å². The topological polar surface area (TPSA) is 18.6 Å². The molecular formula is C23H22N3+. The van der Waals surface area contributed by atoms with Gasteiger partial charge in [-0.3, -0.25) is 0 Å². The van der Waals surface area contributed by atoms with Crippen molar-refractivity contribution in [3.05, 3.63) is 90.0 Å². The summed E-state index contributed by atoms with van der Waals surface area (Å²) in [6.45, 7) is 0. The maximum Gasteiger partial charge on any atom is 0.239 e. The average Bonchev–Trinajstić information content (AvgIpc) is 2.95. The highest BCUT2D eigenvalue weighted by Crippen LogP contribution is 2.30. The summed E-state index contributed by atoms with van der Waals surface area (Å²) in [4.78, 5) is 7.12. The Morgan fingerprint density at radius 2 is 1.42 bits per heavy atom. The molecule has 0 bridgehead atoms. The molecule has 0 aliphatic carbocycles. The number of benzene rings is 3. The van der Waals surface area contributed by atoms with Gasteiger partial charge in [0.05, 0.1) is 11.3 Å². The first kappa shape index (κ1) is 16.3. The van der Waals surface area contributed by atoms with E-state index in [2.05, 4.69) is 89.3 Å². The molecule has 0 saturated heterocycles. The monoisotopic (exact) mass is 340 g/mol. The summed E-state index contributed by atoms with van der Waals surface area (Å²) in [5, 5.41) is 0. The van der Waals surface area contributed by atoms with Crippen molar-refractivity contribution in [2.24, 2.45) is 4.99 Å². The molecule has 0 N–H and O–H groups in total. The van der Waals surface area contributed by atoms with Crippen LogP contribution in [0.3, 0.4) is 0 Å². The van der Waals surface area contributed by atoms with Crippen LogP contribution < -0.4 is 4.90 Å². The Bertz CT molecular complexity index is 997. The zero-order valence-corrected chi connectivity index (χ0v) is 15.3. The first-order valence-electron chi connectivity index (χ1n) is 8.77. The van der Waals surface area contributed by atoms with E-state index in [0.717, 1.165) is 17.1 Å². The van der Waals surface area contributed by atoms with Crippen LogP contribution in [-0.2, 0) is 0 Å². The van der Waals surface area contributed by atoms with Crippen LogP contribution in [0.1, 0.15) is 11.1 Å². The Hall–Kier alpha value is -3.20. The molecule has 4 rings (SSSR count). The predicted molar refractivity (Wildman–Crippen MR) is 110 cm³/mol. The van der Waals surface area contributed by atoms with Crippen molar-refractivity contribution in [2.75, 3.05) is 26.0 Å². The minimum atomic E-state index is 0.962. The molecule has 0 spiro atoms. The summed E-state index contributed by atoms with van der Waals surface area (Å²) in [6, 6.07) is 27.3. The van der Waals surface area contributed by atoms with Gasteiger partial charge in [-0.05, 0) is 42.5 Å². The molecule has 1 aliphatic heterocycles. The van der Waals surface area contributed by atoms with Crippen LogP contribution in [0.15, 0.2) is 83.9 Å². The van der Waals surface area contributed by atoms with Gasteiger partial charge < -0.3 is 4.90 Å². The summed E-state index contributed by atoms with van der Waals surface area (Å²) >= 11 is 0. The third kappa shape index (κ3) is 2.82. The third-order valence-electron chi connectivity index (χ3n) is 4.73. The molecule has 128 valence electrons. The van der Waals surface area contributed by atoms with E-state index in [0.29, 0.717) is 0 Å². The second kappa shape index (κ2) is 6.60. The second-order valence-electron chi connectivity index (χ2n) is 6.66. The number of fused-ring (bicyclic) bond motifs is 1. The highest BCUT2D eigenvalue weighted by atomic mass is 15.1. The molecule has 3 nitrogen and oxygen atoms in total. The molecule has 0 fully saturated rings. The van der Waals surface area contributed by atoms with E-state index in [-0.39, 0.29) is 0 Å². The van der Waals surface area contributed by atoms with Crippen LogP contribution in [0, 0.1) is 0 Å². The number of para-hydroxylation sites is 1. The summed E-state index contributed by atoms with van der Waals surface area (Å²) < 4.78 is 2.23. The zero-order valence-electron chi connectivity index (χ0n) is 15.3. The van der Waals surface area contributed by atoms with Crippen molar-refractivity contribution in [3.8, 4) is 0 Å². The highest BCUT2D eigenvalue weighted by Gasteiger charge is 2.34. The van der Waals surface area contributed by atoms with Crippen LogP contribution in [0.2, 0.25) is 0 Å². The lowest BCUT2D eigenvalue weighted by Gasteiger charge is -2.11. The Morgan fingerprint density at radius 1 is 0.769 bits per heavy atom. The number of hydrogen-bond donors (Lipinski definition) is 0. The van der Waals surface area contributed by atoms with Crippen molar-refractivity contribution in [3.63, 3.8) is 0 Å². The van der Waals surface area contributed by atoms with Gasteiger partial charge in [-0.15, -0.1) is 0 Å². The van der Waals surface area contributed by atoms with Gasteiger partial charge in [0, 0.05) is 31.4 Å². The fourth-order valence-electron chi connectivity index (χ4n) is 3.37. The molecule has 1 heterocycles. The minimum Gasteiger partial charge on any atom is -0.378 e. The van der Waals surface area contributed by atoms with E-state index < -0.39 is 0 Å². The highest BCUT2D eigenvalue weighted by molar-refractivity contribution is 6.54. The SMILES string of the molecule is CN(C)c1ccc(N=C2C(c3ccccc3)=[N+](C)c3ccccc32)cc1. The van der Waals surface area contributed by atoms with Crippen LogP contribution in [0.4, 0.5) is 17.1 Å². The average molecular weight is 340 g/mol. The molecule has 0 aromatic heterocycles. The molecule has 3 aromatic rings. The summed E-state index contributed by atoms with van der Waals surface area (Å²) in [6.07, 6.45) is 0. The predicted octanol–water partition coefficient (Wildman–Crippen LogP) is 4.65. The van der Waals surface area contributed by atoms with E-state index in [4.69, 9.17) is 4.99 Å². The largest absolute Gasteiger partial charge is 0.378 e. The third-order valence-corrected chi connectivity index (χ3v) is 4.73. The molecule has 26 heavy (non-hydrogen) atoms. The molecule has 0 atom stereocenters. The van der Waals surface area contributed by atoms with Gasteiger partial charge in [0.25, 0.3) is 0 Å². The van der Waals surface area contributed by atoms with E-state index in [9.17, 15) is 0 Å². The Morgan fingerprint density at radius 3 is 2.12 bits per heavy atom. The van der Waals surface area contributed by atoms with Crippen molar-refractivity contribution in [1.82, 2.24) is 0 Å². The number of anilines is 1. The van der Waals surface area contributed by atoms with Crippen molar-refractivity contribution < 1.29 is 4.58 Å². The summed E-state index contributed by atoms with van der Waals surface area (Å²) in [5.74, 6) is 0. The number of nitrogens with zero attached hydrogens (tertiary/aromatic N) is 3. The Labute approximate surface area is 154 Å². The lowest BCUT2D eigenvalue weighted by Crippen LogP contribution is -2.18. The second-order valence-corrected chi connectivity index (χ2v) is 6.66. The van der Waals surface area contributed by atoms with E-state index >= 15 is 0 Å². The maximum absolute atomic E-state index is 5.03. The van der Waals surface area contributed by atoms with Gasteiger partial charge in [-0.25, -0.2) is 4.99 Å². The molecule has 0 amide bonds. The number of rotatable bonds is 3. The quantitative estimate of drug-likeness (QED) is 0.635. The normalized spacial score (nSPS) is 14.7. The fraction of sp³-hybridized carbons (Fsp3) is 0.130. The smallest absolute Gasteiger partial charge is 0.239 e. The molecule has 1 aliphatic rings. The van der Waals surface area contributed by atoms with Crippen molar-refractivity contribution in [2.45, 2.75) is 0 Å². The van der Waals surface area contributed by atoms with Gasteiger partial charge in [-0.2, -0.15) is 4.58 Å². The standard InChI is InChI=1S/C23H22N3/c1-25(2)19-15-13-18(14-16-19)24-22-20-11-7-8-12-21(20)26(3)23(22)17-9-5-4-6-10-17/h4-16H,1-3H3/q+1. The fourth-order valence-corrected chi connectivity index (χ4v) is 3.37. The number of hydrogen-bond acceptors (Lipinski definition) is 2. The van der Waals surface area contributed by atoms with Gasteiger partial charge >= 0.3 is 0 Å². The van der Waals surface area contributed by atoms with Gasteiger partial charge in [0.2, 0.25) is 11.4 Å². The van der Waals surface area contributed by atoms with E-state index in [1.165, 1.54) is 22.5 Å². The van der Waals surface area contributed by atoms with E-state index in [1.54, 1.807) is 0 Å². The molecule has 0 unspecified atom stereocenters. The van der Waals surface area contributed by atoms with Crippen molar-refractivity contribution >= 4 is 28.5 Å². The van der Waals surface area contributed by atoms with Crippen LogP contribution in [-0.4, -0.2) is 37.1 Å². The van der Waals surface area contributed by atoms with Crippen LogP contribution in [0.5, 0.6) is 0 Å². The number of aliphatic imine (C=N–C) groups is 1. The molecular weight excluding hydrogens is 318 g/mol. The lowest BCUT2D eigenvalue weighted by molar-refractivity contribution is -0.399. The minimum absolute atomic E-state index is 0.962. The Kier molecular flexibility index (Phi) is 4.13. The van der Waals surface area contributed by atoms with Crippen molar-refractivity contribution in [1.29, 1.82) is 0 Å². The zero-order chi connectivity index (χ0) is 18.1. The van der Waals surface area contributed by atoms with Crippen LogP contribution in [0.25, 0.3) is 0 Å². The van der Waals surface area contributed by atoms with E-state index in [1.807, 2.05) is 20.2 Å².